The summed E-state index contributed by atoms with van der Waals surface area (Å²) in [5, 5.41) is 7.61. The van der Waals surface area contributed by atoms with Gasteiger partial charge in [0.25, 0.3) is 0 Å². The van der Waals surface area contributed by atoms with Crippen molar-refractivity contribution in [3.8, 4) is 11.4 Å². The minimum absolute atomic E-state index is 0.858. The molecular weight excluding hydrogens is 262 g/mol. The molecule has 1 aliphatic rings. The van der Waals surface area contributed by atoms with Crippen molar-refractivity contribution in [3.05, 3.63) is 28.1 Å². The first-order chi connectivity index (χ1) is 8.88. The molecule has 1 N–H and O–H groups in total. The van der Waals surface area contributed by atoms with Crippen molar-refractivity contribution in [2.24, 2.45) is 0 Å². The van der Waals surface area contributed by atoms with Crippen LogP contribution in [0.2, 0.25) is 0 Å². The molecule has 0 bridgehead atoms. The Balaban J connectivity index is 2.02. The molecule has 94 valence electrons. The summed E-state index contributed by atoms with van der Waals surface area (Å²) < 4.78 is 0. The number of anilines is 1. The molecule has 0 spiro atoms. The van der Waals surface area contributed by atoms with Crippen molar-refractivity contribution < 1.29 is 0 Å². The van der Waals surface area contributed by atoms with Crippen LogP contribution in [0.5, 0.6) is 0 Å². The number of nitrogens with one attached hydrogen (secondary N) is 1. The van der Waals surface area contributed by atoms with Gasteiger partial charge >= 0.3 is 0 Å². The van der Waals surface area contributed by atoms with Crippen LogP contribution >= 0.6 is 23.1 Å². The highest BCUT2D eigenvalue weighted by Crippen LogP contribution is 2.34. The van der Waals surface area contributed by atoms with E-state index in [1.54, 1.807) is 11.3 Å². The van der Waals surface area contributed by atoms with Crippen molar-refractivity contribution >= 4 is 28.9 Å². The summed E-state index contributed by atoms with van der Waals surface area (Å²) in [6, 6.07) is 2.08. The Morgan fingerprint density at radius 1 is 1.33 bits per heavy atom. The number of fused-ring (bicyclic) bond motifs is 1. The van der Waals surface area contributed by atoms with Gasteiger partial charge in [-0.15, -0.1) is 0 Å². The Labute approximate surface area is 115 Å². The van der Waals surface area contributed by atoms with Gasteiger partial charge in [0.1, 0.15) is 5.82 Å². The first-order valence-corrected chi connectivity index (χ1v) is 8.22. The molecule has 3 heterocycles. The molecule has 0 aromatic carbocycles. The fourth-order valence-electron chi connectivity index (χ4n) is 1.96. The third-order valence-electron chi connectivity index (χ3n) is 2.90. The molecule has 3 rings (SSSR count). The second-order valence-corrected chi connectivity index (χ2v) is 6.02. The van der Waals surface area contributed by atoms with E-state index in [1.165, 1.54) is 11.3 Å². The molecule has 0 saturated heterocycles. The molecule has 0 unspecified atom stereocenters. The lowest BCUT2D eigenvalue weighted by Gasteiger charge is -2.10. The predicted molar refractivity (Wildman–Crippen MR) is 79.1 cm³/mol. The average molecular weight is 277 g/mol. The number of hydrogen-bond donors (Lipinski definition) is 1. The summed E-state index contributed by atoms with van der Waals surface area (Å²) in [6.07, 6.45) is 1.11. The van der Waals surface area contributed by atoms with E-state index in [-0.39, 0.29) is 0 Å². The highest BCUT2D eigenvalue weighted by molar-refractivity contribution is 7.98. The maximum atomic E-state index is 4.70. The molecule has 0 amide bonds. The lowest BCUT2D eigenvalue weighted by Crippen LogP contribution is -2.07. The molecule has 18 heavy (non-hydrogen) atoms. The summed E-state index contributed by atoms with van der Waals surface area (Å²) in [7, 11) is 0. The normalized spacial score (nSPS) is 13.6. The van der Waals surface area contributed by atoms with Crippen LogP contribution in [0.15, 0.2) is 16.8 Å². The van der Waals surface area contributed by atoms with E-state index < -0.39 is 0 Å². The van der Waals surface area contributed by atoms with Crippen molar-refractivity contribution in [3.63, 3.8) is 0 Å². The SMILES string of the molecule is CCCNc1nc(-c2ccsc2)nc2c1CSC2. The van der Waals surface area contributed by atoms with Crippen molar-refractivity contribution in [2.75, 3.05) is 11.9 Å². The molecule has 2 aromatic heterocycles. The van der Waals surface area contributed by atoms with E-state index in [2.05, 4.69) is 29.1 Å². The largest absolute Gasteiger partial charge is 0.370 e. The van der Waals surface area contributed by atoms with Gasteiger partial charge in [-0.25, -0.2) is 9.97 Å². The molecule has 3 nitrogen and oxygen atoms in total. The Morgan fingerprint density at radius 2 is 2.28 bits per heavy atom. The van der Waals surface area contributed by atoms with Crippen LogP contribution in [0.4, 0.5) is 5.82 Å². The number of thioether (sulfide) groups is 1. The molecule has 0 fully saturated rings. The maximum absolute atomic E-state index is 4.70. The topological polar surface area (TPSA) is 37.8 Å². The fourth-order valence-corrected chi connectivity index (χ4v) is 3.64. The highest BCUT2D eigenvalue weighted by Gasteiger charge is 2.20. The second kappa shape index (κ2) is 5.28. The monoisotopic (exact) mass is 277 g/mol. The number of rotatable bonds is 4. The van der Waals surface area contributed by atoms with Gasteiger partial charge in [-0.3, -0.25) is 0 Å². The van der Waals surface area contributed by atoms with E-state index in [4.69, 9.17) is 9.97 Å². The first kappa shape index (κ1) is 12.0. The van der Waals surface area contributed by atoms with Crippen molar-refractivity contribution in [1.82, 2.24) is 9.97 Å². The minimum Gasteiger partial charge on any atom is -0.370 e. The van der Waals surface area contributed by atoms with E-state index in [0.717, 1.165) is 41.7 Å². The van der Waals surface area contributed by atoms with E-state index >= 15 is 0 Å². The van der Waals surface area contributed by atoms with Gasteiger partial charge in [-0.2, -0.15) is 23.1 Å². The summed E-state index contributed by atoms with van der Waals surface area (Å²) in [6.45, 7) is 3.14. The first-order valence-electron chi connectivity index (χ1n) is 6.12. The second-order valence-electron chi connectivity index (χ2n) is 4.25. The maximum Gasteiger partial charge on any atom is 0.162 e. The molecule has 1 aliphatic heterocycles. The van der Waals surface area contributed by atoms with Gasteiger partial charge in [-0.05, 0) is 17.9 Å². The Hall–Kier alpha value is -1.07. The number of hydrogen-bond acceptors (Lipinski definition) is 5. The minimum atomic E-state index is 0.858. The summed E-state index contributed by atoms with van der Waals surface area (Å²) in [5.74, 6) is 3.94. The Kier molecular flexibility index (Phi) is 3.52. The smallest absolute Gasteiger partial charge is 0.162 e. The molecule has 0 aliphatic carbocycles. The van der Waals surface area contributed by atoms with Crippen LogP contribution in [-0.4, -0.2) is 16.5 Å². The zero-order valence-electron chi connectivity index (χ0n) is 10.3. The third kappa shape index (κ3) is 2.24. The van der Waals surface area contributed by atoms with Crippen LogP contribution in [-0.2, 0) is 11.5 Å². The molecule has 0 atom stereocenters. The average Bonchev–Trinajstić information content (AvgIpc) is 3.05. The van der Waals surface area contributed by atoms with Crippen molar-refractivity contribution in [1.29, 1.82) is 0 Å². The molecule has 0 radical (unpaired) electrons. The molecule has 0 saturated carbocycles. The Bertz CT molecular complexity index is 537. The number of thiophene rings is 1. The van der Waals surface area contributed by atoms with Crippen LogP contribution in [0.25, 0.3) is 11.4 Å². The lowest BCUT2D eigenvalue weighted by atomic mass is 10.2. The molecular formula is C13H15N3S2. The van der Waals surface area contributed by atoms with Crippen LogP contribution < -0.4 is 5.32 Å². The summed E-state index contributed by atoms with van der Waals surface area (Å²) in [4.78, 5) is 9.39. The van der Waals surface area contributed by atoms with E-state index in [9.17, 15) is 0 Å². The van der Waals surface area contributed by atoms with Gasteiger partial charge in [0.2, 0.25) is 0 Å². The zero-order chi connectivity index (χ0) is 12.4. The number of nitrogens with zero attached hydrogens (tertiary/aromatic N) is 2. The van der Waals surface area contributed by atoms with Gasteiger partial charge in [0.15, 0.2) is 5.82 Å². The molecule has 5 heteroatoms. The van der Waals surface area contributed by atoms with Gasteiger partial charge in [0, 0.05) is 34.6 Å². The van der Waals surface area contributed by atoms with Crippen LogP contribution in [0.3, 0.4) is 0 Å². The van der Waals surface area contributed by atoms with Gasteiger partial charge < -0.3 is 5.32 Å². The number of aromatic nitrogens is 2. The van der Waals surface area contributed by atoms with Crippen molar-refractivity contribution in [2.45, 2.75) is 24.9 Å². The quantitative estimate of drug-likeness (QED) is 0.923. The third-order valence-corrected chi connectivity index (χ3v) is 4.55. The summed E-state index contributed by atoms with van der Waals surface area (Å²) >= 11 is 3.60. The van der Waals surface area contributed by atoms with Gasteiger partial charge in [-0.1, -0.05) is 6.92 Å². The predicted octanol–water partition coefficient (Wildman–Crippen LogP) is 3.77. The summed E-state index contributed by atoms with van der Waals surface area (Å²) in [5.41, 5.74) is 3.63. The fraction of sp³-hybridized carbons (Fsp3) is 0.385. The van der Waals surface area contributed by atoms with Crippen LogP contribution in [0.1, 0.15) is 24.6 Å². The molecule has 2 aromatic rings. The van der Waals surface area contributed by atoms with E-state index in [1.807, 2.05) is 11.8 Å². The Morgan fingerprint density at radius 3 is 3.06 bits per heavy atom. The lowest BCUT2D eigenvalue weighted by molar-refractivity contribution is 0.955. The van der Waals surface area contributed by atoms with E-state index in [0.29, 0.717) is 0 Å². The van der Waals surface area contributed by atoms with Gasteiger partial charge in [0.05, 0.1) is 5.69 Å². The highest BCUT2D eigenvalue weighted by atomic mass is 32.2. The zero-order valence-corrected chi connectivity index (χ0v) is 11.9. The van der Waals surface area contributed by atoms with Crippen LogP contribution in [0, 0.1) is 0 Å². The standard InChI is InChI=1S/C13H15N3S2/c1-2-4-14-13-10-7-18-8-11(10)15-12(16-13)9-3-5-17-6-9/h3,5-6H,2,4,7-8H2,1H3,(H,14,15,16).